The first-order chi connectivity index (χ1) is 14.2. The molecule has 0 spiro atoms. The van der Waals surface area contributed by atoms with Crippen LogP contribution in [0, 0.1) is 5.92 Å². The van der Waals surface area contributed by atoms with Crippen molar-refractivity contribution < 1.29 is 9.53 Å². The van der Waals surface area contributed by atoms with Gasteiger partial charge in [-0.15, -0.1) is 0 Å². The molecule has 3 heterocycles. The predicted octanol–water partition coefficient (Wildman–Crippen LogP) is 5.05. The summed E-state index contributed by atoms with van der Waals surface area (Å²) < 4.78 is 8.04. The minimum absolute atomic E-state index is 0.281. The van der Waals surface area contributed by atoms with Crippen molar-refractivity contribution in [2.75, 3.05) is 19.6 Å². The maximum Gasteiger partial charge on any atom is 0.414 e. The van der Waals surface area contributed by atoms with Gasteiger partial charge in [-0.1, -0.05) is 26.0 Å². The average Bonchev–Trinajstić information content (AvgIpc) is 3.05. The highest BCUT2D eigenvalue weighted by Gasteiger charge is 2.30. The van der Waals surface area contributed by atoms with E-state index in [0.29, 0.717) is 18.5 Å². The van der Waals surface area contributed by atoms with Gasteiger partial charge in [-0.3, -0.25) is 9.80 Å². The molecule has 2 aliphatic heterocycles. The molecule has 162 valence electrons. The third kappa shape index (κ3) is 3.85. The molecule has 6 heteroatoms. The Kier molecular flexibility index (Phi) is 5.39. The highest BCUT2D eigenvalue weighted by molar-refractivity contribution is 5.87. The van der Waals surface area contributed by atoms with Crippen LogP contribution in [0.15, 0.2) is 24.3 Å². The number of allylic oxidation sites excluding steroid dienone is 1. The molecule has 0 aliphatic carbocycles. The number of carbonyl (C=O) groups excluding carboxylic acids is 1. The van der Waals surface area contributed by atoms with Crippen molar-refractivity contribution in [3.63, 3.8) is 0 Å². The van der Waals surface area contributed by atoms with Crippen molar-refractivity contribution in [2.45, 2.75) is 66.2 Å². The van der Waals surface area contributed by atoms with E-state index in [2.05, 4.69) is 54.5 Å². The molecule has 0 radical (unpaired) electrons. The van der Waals surface area contributed by atoms with Crippen LogP contribution in [0.1, 0.15) is 65.4 Å². The summed E-state index contributed by atoms with van der Waals surface area (Å²) in [6.45, 7) is 16.0. The average molecular weight is 411 g/mol. The zero-order chi connectivity index (χ0) is 21.6. The summed E-state index contributed by atoms with van der Waals surface area (Å²) >= 11 is 0. The Bertz CT molecular complexity index is 985. The summed E-state index contributed by atoms with van der Waals surface area (Å²) in [7, 11) is 0. The second-order valence-corrected chi connectivity index (χ2v) is 9.65. The highest BCUT2D eigenvalue weighted by Crippen LogP contribution is 2.33. The van der Waals surface area contributed by atoms with Crippen molar-refractivity contribution in [2.24, 2.45) is 5.92 Å². The van der Waals surface area contributed by atoms with E-state index in [-0.39, 0.29) is 6.09 Å². The molecule has 2 atom stereocenters. The molecule has 6 nitrogen and oxygen atoms in total. The summed E-state index contributed by atoms with van der Waals surface area (Å²) in [5, 5.41) is 0. The maximum atomic E-state index is 12.9. The quantitative estimate of drug-likeness (QED) is 0.695. The van der Waals surface area contributed by atoms with E-state index in [9.17, 15) is 4.79 Å². The van der Waals surface area contributed by atoms with E-state index in [0.717, 1.165) is 48.7 Å². The third-order valence-electron chi connectivity index (χ3n) is 6.12. The lowest BCUT2D eigenvalue weighted by Crippen LogP contribution is -2.39. The summed E-state index contributed by atoms with van der Waals surface area (Å²) in [6, 6.07) is 6.71. The first-order valence-corrected chi connectivity index (χ1v) is 11.1. The van der Waals surface area contributed by atoms with E-state index in [4.69, 9.17) is 9.72 Å². The summed E-state index contributed by atoms with van der Waals surface area (Å²) in [5.74, 6) is 1.54. The van der Waals surface area contributed by atoms with Crippen LogP contribution in [0.25, 0.3) is 16.7 Å². The Morgan fingerprint density at radius 3 is 2.70 bits per heavy atom. The van der Waals surface area contributed by atoms with Crippen molar-refractivity contribution in [3.8, 4) is 0 Å². The fraction of sp³-hybridized carbons (Fsp3) is 0.583. The molecule has 0 saturated carbocycles. The van der Waals surface area contributed by atoms with Crippen LogP contribution >= 0.6 is 0 Å². The lowest BCUT2D eigenvalue weighted by molar-refractivity contribution is 0.0327. The standard InChI is InChI=1S/C24H34N4O2/c1-7-26-12-13-27-21-11-9-18(14-19(21)25-22(27)17(26)3)20-10-8-16(2)15-28(20)23(29)30-24(4,5)6/h9-11,14,16-17H,7-8,12-13,15H2,1-6H3/t16-,17-/m0/s1. The number of rotatable bonds is 2. The molecule has 1 aromatic heterocycles. The van der Waals surface area contributed by atoms with Crippen molar-refractivity contribution in [1.82, 2.24) is 19.4 Å². The Morgan fingerprint density at radius 2 is 2.00 bits per heavy atom. The molecule has 4 rings (SSSR count). The van der Waals surface area contributed by atoms with Gasteiger partial charge in [-0.2, -0.15) is 0 Å². The molecular formula is C24H34N4O2. The van der Waals surface area contributed by atoms with E-state index >= 15 is 0 Å². The Labute approximate surface area is 179 Å². The highest BCUT2D eigenvalue weighted by atomic mass is 16.6. The largest absolute Gasteiger partial charge is 0.443 e. The van der Waals surface area contributed by atoms with Crippen LogP contribution in [0.5, 0.6) is 0 Å². The number of aromatic nitrogens is 2. The SMILES string of the molecule is CCN1CCn2c(nc3cc(C4=CC[C@H](C)CN4C(=O)OC(C)(C)C)ccc32)[C@@H]1C. The number of carbonyl (C=O) groups is 1. The smallest absolute Gasteiger partial charge is 0.414 e. The number of benzene rings is 1. The van der Waals surface area contributed by atoms with Gasteiger partial charge in [0.05, 0.1) is 22.8 Å². The number of hydrogen-bond acceptors (Lipinski definition) is 4. The number of fused-ring (bicyclic) bond motifs is 3. The van der Waals surface area contributed by atoms with Crippen LogP contribution in [0.2, 0.25) is 0 Å². The fourth-order valence-corrected chi connectivity index (χ4v) is 4.55. The Morgan fingerprint density at radius 1 is 1.23 bits per heavy atom. The monoisotopic (exact) mass is 410 g/mol. The molecule has 0 saturated heterocycles. The molecule has 0 bridgehead atoms. The van der Waals surface area contributed by atoms with Gasteiger partial charge < -0.3 is 9.30 Å². The fourth-order valence-electron chi connectivity index (χ4n) is 4.55. The zero-order valence-electron chi connectivity index (χ0n) is 19.1. The number of amides is 1. The van der Waals surface area contributed by atoms with Gasteiger partial charge in [0.25, 0.3) is 0 Å². The zero-order valence-corrected chi connectivity index (χ0v) is 19.1. The molecular weight excluding hydrogens is 376 g/mol. The normalized spacial score (nSPS) is 22.7. The number of likely N-dealkylation sites (N-methyl/N-ethyl adjacent to an activating group) is 1. The van der Waals surface area contributed by atoms with Crippen molar-refractivity contribution in [3.05, 3.63) is 35.7 Å². The first-order valence-electron chi connectivity index (χ1n) is 11.1. The number of ether oxygens (including phenoxy) is 1. The Hall–Kier alpha value is -2.34. The lowest BCUT2D eigenvalue weighted by Gasteiger charge is -2.34. The van der Waals surface area contributed by atoms with Gasteiger partial charge in [0.1, 0.15) is 11.4 Å². The van der Waals surface area contributed by atoms with Gasteiger partial charge in [0, 0.05) is 25.2 Å². The summed E-state index contributed by atoms with van der Waals surface area (Å²) in [5.41, 5.74) is 3.60. The van der Waals surface area contributed by atoms with Crippen LogP contribution in [0.4, 0.5) is 4.79 Å². The lowest BCUT2D eigenvalue weighted by atomic mass is 9.98. The number of hydrogen-bond donors (Lipinski definition) is 0. The molecule has 2 aromatic rings. The molecule has 0 fully saturated rings. The van der Waals surface area contributed by atoms with Crippen molar-refractivity contribution >= 4 is 22.8 Å². The number of nitrogens with zero attached hydrogens (tertiary/aromatic N) is 4. The summed E-state index contributed by atoms with van der Waals surface area (Å²) in [6.07, 6.45) is 2.84. The van der Waals surface area contributed by atoms with E-state index in [1.165, 1.54) is 5.52 Å². The number of imidazole rings is 1. The minimum Gasteiger partial charge on any atom is -0.443 e. The van der Waals surface area contributed by atoms with E-state index in [1.54, 1.807) is 4.90 Å². The second-order valence-electron chi connectivity index (χ2n) is 9.65. The first kappa shape index (κ1) is 20.9. The molecule has 30 heavy (non-hydrogen) atoms. The summed E-state index contributed by atoms with van der Waals surface area (Å²) in [4.78, 5) is 22.2. The van der Waals surface area contributed by atoms with Gasteiger partial charge in [-0.25, -0.2) is 9.78 Å². The van der Waals surface area contributed by atoms with E-state index < -0.39 is 5.60 Å². The second kappa shape index (κ2) is 7.73. The van der Waals surface area contributed by atoms with E-state index in [1.807, 2.05) is 20.8 Å². The molecule has 1 amide bonds. The Balaban J connectivity index is 1.70. The molecule has 1 aromatic carbocycles. The van der Waals surface area contributed by atoms with Crippen LogP contribution in [0.3, 0.4) is 0 Å². The van der Waals surface area contributed by atoms with Crippen LogP contribution < -0.4 is 0 Å². The van der Waals surface area contributed by atoms with Gasteiger partial charge in [0.15, 0.2) is 0 Å². The topological polar surface area (TPSA) is 50.6 Å². The molecule has 0 unspecified atom stereocenters. The van der Waals surface area contributed by atoms with Crippen molar-refractivity contribution in [1.29, 1.82) is 0 Å². The molecule has 0 N–H and O–H groups in total. The van der Waals surface area contributed by atoms with Gasteiger partial charge >= 0.3 is 6.09 Å². The third-order valence-corrected chi connectivity index (χ3v) is 6.12. The van der Waals surface area contributed by atoms with Gasteiger partial charge in [0.2, 0.25) is 0 Å². The predicted molar refractivity (Wildman–Crippen MR) is 120 cm³/mol. The maximum absolute atomic E-state index is 12.9. The van der Waals surface area contributed by atoms with Crippen LogP contribution in [-0.2, 0) is 11.3 Å². The molecule has 2 aliphatic rings. The van der Waals surface area contributed by atoms with Crippen LogP contribution in [-0.4, -0.2) is 50.7 Å². The minimum atomic E-state index is -0.517. The van der Waals surface area contributed by atoms with Gasteiger partial charge in [-0.05, 0) is 58.7 Å².